The second-order valence-electron chi connectivity index (χ2n) is 8.26. The number of phenolic OH excluding ortho intramolecular Hbond substituents is 1. The molecule has 1 aliphatic rings. The van der Waals surface area contributed by atoms with Crippen LogP contribution in [0.4, 0.5) is 0 Å². The molecule has 3 rings (SSSR count). The van der Waals surface area contributed by atoms with Crippen LogP contribution in [0.25, 0.3) is 6.08 Å². The monoisotopic (exact) mass is 524 g/mol. The maximum atomic E-state index is 13.8. The van der Waals surface area contributed by atoms with E-state index in [1.165, 1.54) is 4.90 Å². The van der Waals surface area contributed by atoms with Crippen molar-refractivity contribution < 1.29 is 28.9 Å². The van der Waals surface area contributed by atoms with Gasteiger partial charge in [0.15, 0.2) is 16.6 Å². The first kappa shape index (κ1) is 27.7. The van der Waals surface area contributed by atoms with Crippen molar-refractivity contribution >= 4 is 35.3 Å². The minimum Gasteiger partial charge on any atom is -0.508 e. The van der Waals surface area contributed by atoms with Crippen molar-refractivity contribution in [2.75, 3.05) is 19.8 Å². The molecule has 0 aromatic heterocycles. The Hall–Kier alpha value is -3.85. The topological polar surface area (TPSA) is 97.3 Å². The summed E-state index contributed by atoms with van der Waals surface area (Å²) in [4.78, 5) is 28.3. The number of phenols is 1. The minimum atomic E-state index is -0.872. The highest BCUT2D eigenvalue weighted by atomic mass is 32.1. The summed E-state index contributed by atoms with van der Waals surface area (Å²) in [6.07, 6.45) is 1.65. The summed E-state index contributed by atoms with van der Waals surface area (Å²) >= 11 is 5.60. The highest BCUT2D eigenvalue weighted by molar-refractivity contribution is 7.80. The molecule has 0 saturated carbocycles. The van der Waals surface area contributed by atoms with Crippen LogP contribution in [-0.4, -0.2) is 46.8 Å². The first-order valence-electron chi connectivity index (χ1n) is 12.1. The number of benzene rings is 2. The summed E-state index contributed by atoms with van der Waals surface area (Å²) in [5.41, 5.74) is 2.38. The van der Waals surface area contributed by atoms with Crippen LogP contribution in [0.5, 0.6) is 17.2 Å². The van der Waals surface area contributed by atoms with E-state index in [0.29, 0.717) is 47.1 Å². The molecule has 9 heteroatoms. The van der Waals surface area contributed by atoms with E-state index in [1.807, 2.05) is 13.8 Å². The van der Waals surface area contributed by atoms with Crippen molar-refractivity contribution in [2.45, 2.75) is 40.7 Å². The van der Waals surface area contributed by atoms with E-state index in [0.717, 1.165) is 0 Å². The molecule has 1 aliphatic heterocycles. The number of hydrogen-bond donors (Lipinski definition) is 2. The molecule has 1 atom stereocenters. The third kappa shape index (κ3) is 6.29. The second-order valence-corrected chi connectivity index (χ2v) is 8.65. The molecule has 0 saturated heterocycles. The fourth-order valence-corrected chi connectivity index (χ4v) is 4.43. The Morgan fingerprint density at radius 3 is 2.41 bits per heavy atom. The fourth-order valence-electron chi connectivity index (χ4n) is 4.09. The number of hydrogen-bond acceptors (Lipinski definition) is 7. The Labute approximate surface area is 222 Å². The number of thiocarbonyl (C=S) groups is 1. The van der Waals surface area contributed by atoms with E-state index >= 15 is 0 Å². The molecule has 0 radical (unpaired) electrons. The van der Waals surface area contributed by atoms with Crippen LogP contribution < -0.4 is 14.8 Å². The van der Waals surface area contributed by atoms with Crippen molar-refractivity contribution in [1.29, 1.82) is 0 Å². The molecule has 0 bridgehead atoms. The number of amides is 1. The van der Waals surface area contributed by atoms with Gasteiger partial charge in [-0.3, -0.25) is 9.69 Å². The van der Waals surface area contributed by atoms with Crippen LogP contribution in [0.3, 0.4) is 0 Å². The Morgan fingerprint density at radius 2 is 1.76 bits per heavy atom. The van der Waals surface area contributed by atoms with Gasteiger partial charge in [0, 0.05) is 11.3 Å². The van der Waals surface area contributed by atoms with E-state index in [4.69, 9.17) is 26.4 Å². The van der Waals surface area contributed by atoms with E-state index in [1.54, 1.807) is 69.3 Å². The third-order valence-electron chi connectivity index (χ3n) is 5.64. The third-order valence-corrected chi connectivity index (χ3v) is 5.94. The van der Waals surface area contributed by atoms with Gasteiger partial charge < -0.3 is 24.6 Å². The summed E-state index contributed by atoms with van der Waals surface area (Å²) in [6, 6.07) is 11.0. The first-order valence-corrected chi connectivity index (χ1v) is 12.5. The van der Waals surface area contributed by atoms with Crippen molar-refractivity contribution in [3.05, 3.63) is 70.4 Å². The summed E-state index contributed by atoms with van der Waals surface area (Å²) in [5.74, 6) is 0.168. The standard InChI is InChI=1S/C28H32N2O6S/c1-6-34-22-13-12-20(16-23(22)35-7-2)25-24(27(33)36-8-3)18(5)29-28(37)30(25)26(32)17(4)14-19-10-9-11-21(31)15-19/h9-16,25,31H,6-8H2,1-5H3,(H,29,37)/b17-14+. The van der Waals surface area contributed by atoms with Crippen LogP contribution in [0.2, 0.25) is 0 Å². The molecule has 2 aromatic carbocycles. The van der Waals surface area contributed by atoms with Crippen molar-refractivity contribution in [3.63, 3.8) is 0 Å². The minimum absolute atomic E-state index is 0.0861. The average Bonchev–Trinajstić information content (AvgIpc) is 2.84. The number of aromatic hydroxyl groups is 1. The number of ether oxygens (including phenoxy) is 3. The molecule has 0 spiro atoms. The Kier molecular flexibility index (Phi) is 9.30. The molecular formula is C28H32N2O6S. The van der Waals surface area contributed by atoms with Gasteiger partial charge in [0.05, 0.1) is 31.4 Å². The van der Waals surface area contributed by atoms with Gasteiger partial charge in [0.25, 0.3) is 5.91 Å². The van der Waals surface area contributed by atoms with Crippen LogP contribution in [-0.2, 0) is 14.3 Å². The maximum absolute atomic E-state index is 13.8. The molecule has 0 aliphatic carbocycles. The van der Waals surface area contributed by atoms with Crippen LogP contribution in [0.15, 0.2) is 59.3 Å². The molecule has 8 nitrogen and oxygen atoms in total. The van der Waals surface area contributed by atoms with Gasteiger partial charge in [-0.25, -0.2) is 4.79 Å². The zero-order valence-corrected chi connectivity index (χ0v) is 22.5. The summed E-state index contributed by atoms with van der Waals surface area (Å²) in [5, 5.41) is 13.0. The van der Waals surface area contributed by atoms with Gasteiger partial charge in [-0.15, -0.1) is 0 Å². The SMILES string of the molecule is CCOC(=O)C1=C(C)NC(=S)N(C(=O)/C(C)=C/c2cccc(O)c2)C1c1ccc(OCC)c(OCC)c1. The van der Waals surface area contributed by atoms with Gasteiger partial charge in [-0.05, 0) is 88.3 Å². The highest BCUT2D eigenvalue weighted by Gasteiger charge is 2.40. The van der Waals surface area contributed by atoms with Crippen molar-refractivity contribution in [3.8, 4) is 17.2 Å². The number of allylic oxidation sites excluding steroid dienone is 1. The lowest BCUT2D eigenvalue weighted by atomic mass is 9.92. The van der Waals surface area contributed by atoms with E-state index in [2.05, 4.69) is 5.32 Å². The van der Waals surface area contributed by atoms with E-state index in [9.17, 15) is 14.7 Å². The molecule has 2 N–H and O–H groups in total. The molecular weight excluding hydrogens is 492 g/mol. The lowest BCUT2D eigenvalue weighted by molar-refractivity contribution is -0.139. The zero-order chi connectivity index (χ0) is 27.1. The number of esters is 1. The molecule has 0 fully saturated rings. The van der Waals surface area contributed by atoms with Gasteiger partial charge in [-0.1, -0.05) is 18.2 Å². The average molecular weight is 525 g/mol. The Balaban J connectivity index is 2.17. The number of nitrogens with zero attached hydrogens (tertiary/aromatic N) is 1. The van der Waals surface area contributed by atoms with Gasteiger partial charge >= 0.3 is 5.97 Å². The highest BCUT2D eigenvalue weighted by Crippen LogP contribution is 2.39. The lowest BCUT2D eigenvalue weighted by Crippen LogP contribution is -2.51. The predicted octanol–water partition coefficient (Wildman–Crippen LogP) is 4.89. The summed E-state index contributed by atoms with van der Waals surface area (Å²) < 4.78 is 16.9. The number of rotatable bonds is 9. The molecule has 37 heavy (non-hydrogen) atoms. The maximum Gasteiger partial charge on any atom is 0.338 e. The van der Waals surface area contributed by atoms with E-state index < -0.39 is 17.9 Å². The number of nitrogens with one attached hydrogen (secondary N) is 1. The largest absolute Gasteiger partial charge is 0.508 e. The molecule has 1 amide bonds. The molecule has 2 aromatic rings. The number of carbonyl (C=O) groups excluding carboxylic acids is 2. The van der Waals surface area contributed by atoms with Crippen LogP contribution >= 0.6 is 12.2 Å². The second kappa shape index (κ2) is 12.4. The summed E-state index contributed by atoms with van der Waals surface area (Å²) in [6.45, 7) is 9.87. The lowest BCUT2D eigenvalue weighted by Gasteiger charge is -2.38. The smallest absolute Gasteiger partial charge is 0.338 e. The van der Waals surface area contributed by atoms with Crippen molar-refractivity contribution in [1.82, 2.24) is 10.2 Å². The molecule has 1 heterocycles. The predicted molar refractivity (Wildman–Crippen MR) is 145 cm³/mol. The van der Waals surface area contributed by atoms with Crippen LogP contribution in [0, 0.1) is 0 Å². The van der Waals surface area contributed by atoms with E-state index in [-0.39, 0.29) is 23.0 Å². The Morgan fingerprint density at radius 1 is 1.05 bits per heavy atom. The van der Waals surface area contributed by atoms with Gasteiger partial charge in [0.2, 0.25) is 0 Å². The van der Waals surface area contributed by atoms with Crippen LogP contribution in [0.1, 0.15) is 51.8 Å². The first-order chi connectivity index (χ1) is 17.7. The van der Waals surface area contributed by atoms with Crippen molar-refractivity contribution in [2.24, 2.45) is 0 Å². The number of carbonyl (C=O) groups is 2. The summed E-state index contributed by atoms with van der Waals surface area (Å²) in [7, 11) is 0. The Bertz CT molecular complexity index is 1250. The fraction of sp³-hybridized carbons (Fsp3) is 0.321. The molecule has 196 valence electrons. The molecule has 1 unspecified atom stereocenters. The zero-order valence-electron chi connectivity index (χ0n) is 21.7. The van der Waals surface area contributed by atoms with Gasteiger partial charge in [-0.2, -0.15) is 0 Å². The quantitative estimate of drug-likeness (QED) is 0.272. The normalized spacial score (nSPS) is 15.8. The van der Waals surface area contributed by atoms with Gasteiger partial charge in [0.1, 0.15) is 5.75 Å².